The van der Waals surface area contributed by atoms with E-state index in [4.69, 9.17) is 4.84 Å². The van der Waals surface area contributed by atoms with Gasteiger partial charge in [-0.1, -0.05) is 6.08 Å². The van der Waals surface area contributed by atoms with Gasteiger partial charge in [-0.15, -0.1) is 11.3 Å². The molecule has 16 heavy (non-hydrogen) atoms. The normalized spacial score (nSPS) is 23.8. The average molecular weight is 234 g/mol. The van der Waals surface area contributed by atoms with E-state index < -0.39 is 0 Å². The topological polar surface area (TPSA) is 51.2 Å². The van der Waals surface area contributed by atoms with Gasteiger partial charge in [0.1, 0.15) is 5.76 Å². The van der Waals surface area contributed by atoms with Crippen LogP contribution in [0.2, 0.25) is 0 Å². The summed E-state index contributed by atoms with van der Waals surface area (Å²) in [5.41, 5.74) is 6.38. The Hall–Kier alpha value is -1.62. The quantitative estimate of drug-likeness (QED) is 0.807. The van der Waals surface area contributed by atoms with E-state index >= 15 is 0 Å². The highest BCUT2D eigenvalue weighted by Crippen LogP contribution is 2.34. The molecule has 4 nitrogen and oxygen atoms in total. The molecule has 1 atom stereocenters. The van der Waals surface area contributed by atoms with Crippen molar-refractivity contribution in [3.8, 4) is 0 Å². The molecule has 1 aromatic heterocycles. The van der Waals surface area contributed by atoms with Crippen LogP contribution in [0.15, 0.2) is 28.8 Å². The fraction of sp³-hybridized carbons (Fsp3) is 0.273. The van der Waals surface area contributed by atoms with Crippen molar-refractivity contribution in [3.63, 3.8) is 0 Å². The van der Waals surface area contributed by atoms with E-state index in [1.165, 1.54) is 5.57 Å². The molecule has 1 unspecified atom stereocenters. The van der Waals surface area contributed by atoms with Crippen LogP contribution in [0.3, 0.4) is 0 Å². The van der Waals surface area contributed by atoms with Crippen LogP contribution in [0.5, 0.6) is 0 Å². The molecule has 2 aliphatic rings. The number of nitrogens with zero attached hydrogens (tertiary/aromatic N) is 1. The Morgan fingerprint density at radius 1 is 1.44 bits per heavy atom. The lowest BCUT2D eigenvalue weighted by atomic mass is 9.88. The first kappa shape index (κ1) is 9.59. The summed E-state index contributed by atoms with van der Waals surface area (Å²) in [4.78, 5) is 20.6. The second-order valence-electron chi connectivity index (χ2n) is 3.87. The van der Waals surface area contributed by atoms with E-state index in [-0.39, 0.29) is 11.8 Å². The molecule has 0 radical (unpaired) electrons. The zero-order chi connectivity index (χ0) is 11.0. The smallest absolute Gasteiger partial charge is 0.253 e. The Balaban J connectivity index is 1.88. The zero-order valence-electron chi connectivity index (χ0n) is 8.47. The highest BCUT2D eigenvalue weighted by molar-refractivity contribution is 7.07. The molecule has 82 valence electrons. The summed E-state index contributed by atoms with van der Waals surface area (Å²) in [6.07, 6.45) is 5.25. The van der Waals surface area contributed by atoms with Gasteiger partial charge in [-0.3, -0.25) is 4.79 Å². The molecule has 1 aromatic rings. The summed E-state index contributed by atoms with van der Waals surface area (Å²) in [7, 11) is 0. The number of hydrogen-bond donors (Lipinski definition) is 1. The van der Waals surface area contributed by atoms with Crippen molar-refractivity contribution in [2.75, 3.05) is 0 Å². The fourth-order valence-electron chi connectivity index (χ4n) is 1.99. The molecule has 0 bridgehead atoms. The minimum absolute atomic E-state index is 0.0540. The Kier molecular flexibility index (Phi) is 2.25. The predicted octanol–water partition coefficient (Wildman–Crippen LogP) is 1.88. The van der Waals surface area contributed by atoms with Gasteiger partial charge >= 0.3 is 0 Å². The molecule has 0 aromatic carbocycles. The van der Waals surface area contributed by atoms with Crippen molar-refractivity contribution in [1.29, 1.82) is 0 Å². The van der Waals surface area contributed by atoms with Crippen LogP contribution in [-0.4, -0.2) is 10.9 Å². The summed E-state index contributed by atoms with van der Waals surface area (Å²) in [5.74, 6) is 0.954. The van der Waals surface area contributed by atoms with Gasteiger partial charge in [-0.25, -0.2) is 4.98 Å². The number of hydrogen-bond acceptors (Lipinski definition) is 4. The van der Waals surface area contributed by atoms with E-state index in [2.05, 4.69) is 10.5 Å². The van der Waals surface area contributed by atoms with Crippen LogP contribution in [0.4, 0.5) is 0 Å². The average Bonchev–Trinajstić information content (AvgIpc) is 2.81. The minimum atomic E-state index is -0.0540. The Labute approximate surface area is 96.6 Å². The van der Waals surface area contributed by atoms with Gasteiger partial charge in [0, 0.05) is 17.7 Å². The zero-order valence-corrected chi connectivity index (χ0v) is 9.29. The maximum absolute atomic E-state index is 11.2. The number of nitrogens with one attached hydrogen (secondary N) is 1. The number of thiazole rings is 1. The van der Waals surface area contributed by atoms with E-state index in [1.807, 2.05) is 23.0 Å². The number of hydroxylamine groups is 1. The van der Waals surface area contributed by atoms with Crippen molar-refractivity contribution in [1.82, 2.24) is 10.5 Å². The van der Waals surface area contributed by atoms with Crippen LogP contribution in [0.1, 0.15) is 18.5 Å². The molecule has 1 saturated heterocycles. The Bertz CT molecular complexity index is 476. The van der Waals surface area contributed by atoms with Crippen LogP contribution in [0.25, 0.3) is 5.57 Å². The third kappa shape index (κ3) is 1.63. The van der Waals surface area contributed by atoms with E-state index in [0.717, 1.165) is 17.9 Å². The number of carbonyl (C=O) groups excluding carboxylic acids is 1. The highest BCUT2D eigenvalue weighted by atomic mass is 32.1. The van der Waals surface area contributed by atoms with Gasteiger partial charge in [0.25, 0.3) is 5.91 Å². The maximum Gasteiger partial charge on any atom is 0.253 e. The second-order valence-corrected chi connectivity index (χ2v) is 4.59. The largest absolute Gasteiger partial charge is 0.384 e. The third-order valence-electron chi connectivity index (χ3n) is 2.79. The molecule has 3 rings (SSSR count). The van der Waals surface area contributed by atoms with Crippen LogP contribution >= 0.6 is 11.3 Å². The van der Waals surface area contributed by atoms with Gasteiger partial charge in [-0.2, -0.15) is 5.48 Å². The lowest BCUT2D eigenvalue weighted by Gasteiger charge is -2.27. The number of carbonyl (C=O) groups is 1. The van der Waals surface area contributed by atoms with E-state index in [0.29, 0.717) is 6.42 Å². The molecule has 1 fully saturated rings. The molecule has 0 saturated carbocycles. The van der Waals surface area contributed by atoms with E-state index in [9.17, 15) is 4.79 Å². The summed E-state index contributed by atoms with van der Waals surface area (Å²) < 4.78 is 0. The lowest BCUT2D eigenvalue weighted by Crippen LogP contribution is -2.34. The lowest BCUT2D eigenvalue weighted by molar-refractivity contribution is -0.136. The van der Waals surface area contributed by atoms with Gasteiger partial charge in [-0.05, 0) is 18.1 Å². The summed E-state index contributed by atoms with van der Waals surface area (Å²) >= 11 is 1.58. The molecule has 1 aliphatic carbocycles. The molecule has 1 aliphatic heterocycles. The summed E-state index contributed by atoms with van der Waals surface area (Å²) in [6, 6.07) is 0. The van der Waals surface area contributed by atoms with Crippen LogP contribution in [0, 0.1) is 5.92 Å². The number of amides is 1. The SMILES string of the molecule is O=C1CC2CC(c3cscn3)=CC=C2ON1. The van der Waals surface area contributed by atoms with Gasteiger partial charge in [0.15, 0.2) is 0 Å². The monoisotopic (exact) mass is 234 g/mol. The first-order valence-electron chi connectivity index (χ1n) is 5.08. The number of rotatable bonds is 1. The Morgan fingerprint density at radius 2 is 2.38 bits per heavy atom. The van der Waals surface area contributed by atoms with Gasteiger partial charge < -0.3 is 4.84 Å². The van der Waals surface area contributed by atoms with Crippen molar-refractivity contribution < 1.29 is 9.63 Å². The van der Waals surface area contributed by atoms with Crippen molar-refractivity contribution >= 4 is 22.8 Å². The minimum Gasteiger partial charge on any atom is -0.384 e. The van der Waals surface area contributed by atoms with Gasteiger partial charge in [0.05, 0.1) is 11.2 Å². The number of fused-ring (bicyclic) bond motifs is 1. The number of allylic oxidation sites excluding steroid dienone is 4. The second kappa shape index (κ2) is 3.75. The first-order valence-corrected chi connectivity index (χ1v) is 6.02. The van der Waals surface area contributed by atoms with Crippen molar-refractivity contribution in [2.24, 2.45) is 5.92 Å². The molecular weight excluding hydrogens is 224 g/mol. The Morgan fingerprint density at radius 3 is 3.19 bits per heavy atom. The summed E-state index contributed by atoms with van der Waals surface area (Å²) in [5, 5.41) is 2.02. The number of aromatic nitrogens is 1. The molecule has 5 heteroatoms. The molecule has 2 heterocycles. The third-order valence-corrected chi connectivity index (χ3v) is 3.38. The maximum atomic E-state index is 11.2. The van der Waals surface area contributed by atoms with E-state index in [1.54, 1.807) is 11.3 Å². The van der Waals surface area contributed by atoms with Crippen molar-refractivity contribution in [3.05, 3.63) is 34.5 Å². The molecule has 0 spiro atoms. The molecule has 1 N–H and O–H groups in total. The highest BCUT2D eigenvalue weighted by Gasteiger charge is 2.29. The molecular formula is C11H10N2O2S. The summed E-state index contributed by atoms with van der Waals surface area (Å²) in [6.45, 7) is 0. The van der Waals surface area contributed by atoms with Crippen molar-refractivity contribution in [2.45, 2.75) is 12.8 Å². The van der Waals surface area contributed by atoms with Gasteiger partial charge in [0.2, 0.25) is 0 Å². The predicted molar refractivity (Wildman–Crippen MR) is 60.1 cm³/mol. The van der Waals surface area contributed by atoms with Crippen LogP contribution in [-0.2, 0) is 9.63 Å². The fourth-order valence-corrected chi connectivity index (χ4v) is 2.56. The molecule has 1 amide bonds. The van der Waals surface area contributed by atoms with Crippen LogP contribution < -0.4 is 5.48 Å². The first-order chi connectivity index (χ1) is 7.83. The standard InChI is InChI=1S/C11H10N2O2S/c14-11-4-8-3-7(9-5-16-6-12-9)1-2-10(8)15-13-11/h1-2,5-6,8H,3-4H2,(H,13,14).